The van der Waals surface area contributed by atoms with Gasteiger partial charge in [0.1, 0.15) is 0 Å². The number of nitrogens with zero attached hydrogens (tertiary/aromatic N) is 1. The Hall–Kier alpha value is -2.18. The summed E-state index contributed by atoms with van der Waals surface area (Å²) >= 11 is 0. The Balaban J connectivity index is 2.07. The monoisotopic (exact) mass is 360 g/mol. The largest absolute Gasteiger partial charge is 0.339 e. The summed E-state index contributed by atoms with van der Waals surface area (Å²) in [5.74, 6) is -0.0918. The Bertz CT molecular complexity index is 787. The van der Waals surface area contributed by atoms with Crippen LogP contribution in [0.4, 0.5) is 0 Å². The van der Waals surface area contributed by atoms with Crippen LogP contribution in [0.15, 0.2) is 59.5 Å². The minimum Gasteiger partial charge on any atom is -0.339 e. The zero-order valence-electron chi connectivity index (χ0n) is 14.6. The Morgan fingerprint density at radius 2 is 1.64 bits per heavy atom. The van der Waals surface area contributed by atoms with E-state index in [0.717, 1.165) is 6.42 Å². The number of carbonyl (C=O) groups is 1. The lowest BCUT2D eigenvalue weighted by Crippen LogP contribution is -2.32. The number of amides is 1. The van der Waals surface area contributed by atoms with Gasteiger partial charge in [-0.25, -0.2) is 13.1 Å². The number of sulfonamides is 1. The predicted molar refractivity (Wildman–Crippen MR) is 99.0 cm³/mol. The third kappa shape index (κ3) is 5.14. The third-order valence-corrected chi connectivity index (χ3v) is 5.49. The van der Waals surface area contributed by atoms with Gasteiger partial charge in [-0.3, -0.25) is 4.79 Å². The topological polar surface area (TPSA) is 66.5 Å². The van der Waals surface area contributed by atoms with Gasteiger partial charge in [-0.2, -0.15) is 0 Å². The summed E-state index contributed by atoms with van der Waals surface area (Å²) in [7, 11) is -3.50. The summed E-state index contributed by atoms with van der Waals surface area (Å²) < 4.78 is 26.3. The molecule has 0 aliphatic rings. The first kappa shape index (κ1) is 19.1. The Morgan fingerprint density at radius 3 is 2.20 bits per heavy atom. The summed E-state index contributed by atoms with van der Waals surface area (Å²) in [6.07, 6.45) is 0.785. The normalized spacial score (nSPS) is 11.3. The van der Waals surface area contributed by atoms with Crippen LogP contribution in [-0.2, 0) is 16.4 Å². The van der Waals surface area contributed by atoms with Crippen molar-refractivity contribution in [3.63, 3.8) is 0 Å². The molecule has 0 fully saturated rings. The second-order valence-electron chi connectivity index (χ2n) is 5.65. The van der Waals surface area contributed by atoms with Crippen LogP contribution in [0.1, 0.15) is 29.8 Å². The molecule has 0 aromatic heterocycles. The zero-order chi connectivity index (χ0) is 18.3. The van der Waals surface area contributed by atoms with E-state index in [9.17, 15) is 13.2 Å². The molecule has 0 spiro atoms. The molecular weight excluding hydrogens is 336 g/mol. The highest BCUT2D eigenvalue weighted by atomic mass is 32.2. The van der Waals surface area contributed by atoms with Crippen molar-refractivity contribution in [2.24, 2.45) is 0 Å². The van der Waals surface area contributed by atoms with E-state index in [1.54, 1.807) is 24.0 Å². The maximum Gasteiger partial charge on any atom is 0.253 e. The van der Waals surface area contributed by atoms with Crippen molar-refractivity contribution in [3.8, 4) is 0 Å². The van der Waals surface area contributed by atoms with E-state index in [4.69, 9.17) is 0 Å². The van der Waals surface area contributed by atoms with Crippen LogP contribution < -0.4 is 4.72 Å². The van der Waals surface area contributed by atoms with Crippen molar-refractivity contribution in [2.45, 2.75) is 25.2 Å². The maximum absolute atomic E-state index is 12.6. The molecule has 0 heterocycles. The molecule has 5 nitrogen and oxygen atoms in total. The highest BCUT2D eigenvalue weighted by Crippen LogP contribution is 2.13. The third-order valence-electron chi connectivity index (χ3n) is 3.93. The van der Waals surface area contributed by atoms with Gasteiger partial charge in [0.05, 0.1) is 4.90 Å². The fraction of sp³-hybridized carbons (Fsp3) is 0.316. The Kier molecular flexibility index (Phi) is 6.73. The number of rotatable bonds is 8. The molecule has 0 bridgehead atoms. The van der Waals surface area contributed by atoms with Gasteiger partial charge in [0.2, 0.25) is 10.0 Å². The molecule has 0 saturated heterocycles. The number of hydrogen-bond acceptors (Lipinski definition) is 3. The van der Waals surface area contributed by atoms with Crippen molar-refractivity contribution in [1.82, 2.24) is 9.62 Å². The van der Waals surface area contributed by atoms with Gasteiger partial charge in [0.25, 0.3) is 5.91 Å². The molecule has 2 rings (SSSR count). The highest BCUT2D eigenvalue weighted by Gasteiger charge is 2.17. The number of hydrogen-bond donors (Lipinski definition) is 1. The summed E-state index contributed by atoms with van der Waals surface area (Å²) in [6.45, 7) is 5.21. The fourth-order valence-corrected chi connectivity index (χ4v) is 3.59. The summed E-state index contributed by atoms with van der Waals surface area (Å²) in [5.41, 5.74) is 1.67. The van der Waals surface area contributed by atoms with Crippen LogP contribution in [-0.4, -0.2) is 38.9 Å². The van der Waals surface area contributed by atoms with Gasteiger partial charge in [-0.05, 0) is 43.2 Å². The molecule has 134 valence electrons. The molecule has 0 unspecified atom stereocenters. The van der Waals surface area contributed by atoms with E-state index in [-0.39, 0.29) is 10.8 Å². The molecule has 0 saturated carbocycles. The van der Waals surface area contributed by atoms with Gasteiger partial charge < -0.3 is 4.90 Å². The van der Waals surface area contributed by atoms with E-state index >= 15 is 0 Å². The maximum atomic E-state index is 12.6. The number of nitrogens with one attached hydrogen (secondary N) is 1. The van der Waals surface area contributed by atoms with Crippen LogP contribution in [0.5, 0.6) is 0 Å². The van der Waals surface area contributed by atoms with Crippen molar-refractivity contribution in [2.75, 3.05) is 19.6 Å². The first-order valence-corrected chi connectivity index (χ1v) is 9.89. The second kappa shape index (κ2) is 8.78. The molecule has 2 aromatic rings. The van der Waals surface area contributed by atoms with Crippen molar-refractivity contribution < 1.29 is 13.2 Å². The van der Waals surface area contributed by atoms with E-state index in [2.05, 4.69) is 4.72 Å². The predicted octanol–water partition coefficient (Wildman–Crippen LogP) is 2.69. The highest BCUT2D eigenvalue weighted by molar-refractivity contribution is 7.89. The Morgan fingerprint density at radius 1 is 1.00 bits per heavy atom. The molecule has 0 aliphatic heterocycles. The van der Waals surface area contributed by atoms with Gasteiger partial charge in [-0.15, -0.1) is 0 Å². The molecule has 2 aromatic carbocycles. The Labute approximate surface area is 149 Å². The van der Waals surface area contributed by atoms with E-state index < -0.39 is 10.0 Å². The summed E-state index contributed by atoms with van der Waals surface area (Å²) in [5, 5.41) is 0. The lowest BCUT2D eigenvalue weighted by molar-refractivity contribution is 0.0766. The van der Waals surface area contributed by atoms with E-state index in [0.29, 0.717) is 25.2 Å². The molecule has 0 atom stereocenters. The number of carbonyl (C=O) groups excluding carboxylic acids is 1. The lowest BCUT2D eigenvalue weighted by Gasteiger charge is -2.21. The first-order chi connectivity index (χ1) is 12.0. The molecule has 0 radical (unpaired) electrons. The summed E-state index contributed by atoms with van der Waals surface area (Å²) in [4.78, 5) is 14.6. The van der Waals surface area contributed by atoms with Crippen LogP contribution in [0.3, 0.4) is 0 Å². The SMILES string of the molecule is CCNS(=O)(=O)c1ccc(C(=O)N(CC)CCc2ccccc2)cc1. The van der Waals surface area contributed by atoms with Crippen LogP contribution in [0.25, 0.3) is 0 Å². The van der Waals surface area contributed by atoms with Gasteiger partial charge in [0.15, 0.2) is 0 Å². The van der Waals surface area contributed by atoms with Gasteiger partial charge in [0, 0.05) is 25.2 Å². The van der Waals surface area contributed by atoms with E-state index in [1.807, 2.05) is 37.3 Å². The standard InChI is InChI=1S/C19H24N2O3S/c1-3-20-25(23,24)18-12-10-17(11-13-18)19(22)21(4-2)15-14-16-8-6-5-7-9-16/h5-13,20H,3-4,14-15H2,1-2H3. The average Bonchev–Trinajstić information content (AvgIpc) is 2.63. The van der Waals surface area contributed by atoms with E-state index in [1.165, 1.54) is 17.7 Å². The average molecular weight is 360 g/mol. The molecule has 1 N–H and O–H groups in total. The number of likely N-dealkylation sites (N-methyl/N-ethyl adjacent to an activating group) is 1. The summed E-state index contributed by atoms with van der Waals surface area (Å²) in [6, 6.07) is 16.1. The van der Waals surface area contributed by atoms with Crippen LogP contribution in [0.2, 0.25) is 0 Å². The van der Waals surface area contributed by atoms with Gasteiger partial charge >= 0.3 is 0 Å². The molecule has 0 aliphatic carbocycles. The molecule has 6 heteroatoms. The second-order valence-corrected chi connectivity index (χ2v) is 7.41. The van der Waals surface area contributed by atoms with Crippen LogP contribution >= 0.6 is 0 Å². The molecule has 25 heavy (non-hydrogen) atoms. The lowest BCUT2D eigenvalue weighted by atomic mass is 10.1. The van der Waals surface area contributed by atoms with Crippen molar-refractivity contribution in [1.29, 1.82) is 0 Å². The smallest absolute Gasteiger partial charge is 0.253 e. The van der Waals surface area contributed by atoms with Crippen molar-refractivity contribution >= 4 is 15.9 Å². The quantitative estimate of drug-likeness (QED) is 0.787. The minimum atomic E-state index is -3.50. The molecule has 1 amide bonds. The van der Waals surface area contributed by atoms with Gasteiger partial charge in [-0.1, -0.05) is 37.3 Å². The minimum absolute atomic E-state index is 0.0918. The number of benzene rings is 2. The van der Waals surface area contributed by atoms with Crippen molar-refractivity contribution in [3.05, 3.63) is 65.7 Å². The zero-order valence-corrected chi connectivity index (χ0v) is 15.4. The molecular formula is C19H24N2O3S. The van der Waals surface area contributed by atoms with Crippen LogP contribution in [0, 0.1) is 0 Å². The fourth-order valence-electron chi connectivity index (χ4n) is 2.54. The first-order valence-electron chi connectivity index (χ1n) is 8.41.